The predicted molar refractivity (Wildman–Crippen MR) is 126 cm³/mol. The lowest BCUT2D eigenvalue weighted by molar-refractivity contribution is 0.0695. The summed E-state index contributed by atoms with van der Waals surface area (Å²) in [5.74, 6) is 0.899. The van der Waals surface area contributed by atoms with Crippen molar-refractivity contribution < 1.29 is 22.5 Å². The average Bonchev–Trinajstić information content (AvgIpc) is 3.30. The summed E-state index contributed by atoms with van der Waals surface area (Å²) in [6, 6.07) is 4.91. The van der Waals surface area contributed by atoms with E-state index in [0.717, 1.165) is 18.5 Å². The van der Waals surface area contributed by atoms with Crippen LogP contribution in [0.1, 0.15) is 54.7 Å². The Bertz CT molecular complexity index is 1110. The molecule has 0 saturated carbocycles. The van der Waals surface area contributed by atoms with Gasteiger partial charge in [-0.25, -0.2) is 8.42 Å². The number of nitrogens with zero attached hydrogens (tertiary/aromatic N) is 5. The quantitative estimate of drug-likeness (QED) is 0.580. The summed E-state index contributed by atoms with van der Waals surface area (Å²) in [7, 11) is -3.70. The molecule has 2 aromatic rings. The van der Waals surface area contributed by atoms with Gasteiger partial charge >= 0.3 is 0 Å². The number of hydrogen-bond acceptors (Lipinski definition) is 8. The van der Waals surface area contributed by atoms with Crippen LogP contribution in [-0.2, 0) is 14.8 Å². The number of aromatic nitrogens is 2. The number of ether oxygens (including phenoxy) is 1. The van der Waals surface area contributed by atoms with Gasteiger partial charge in [0.25, 0.3) is 5.91 Å². The van der Waals surface area contributed by atoms with Crippen LogP contribution < -0.4 is 4.90 Å². The molecule has 0 radical (unpaired) electrons. The molecule has 1 amide bonds. The fraction of sp³-hybridized carbons (Fsp3) is 0.609. The summed E-state index contributed by atoms with van der Waals surface area (Å²) < 4.78 is 38.7. The van der Waals surface area contributed by atoms with E-state index in [0.29, 0.717) is 69.8 Å². The van der Waals surface area contributed by atoms with Gasteiger partial charge in [0.1, 0.15) is 0 Å². The van der Waals surface area contributed by atoms with Crippen LogP contribution in [0.25, 0.3) is 0 Å². The minimum absolute atomic E-state index is 0.0340. The van der Waals surface area contributed by atoms with Crippen LogP contribution in [0, 0.1) is 6.92 Å². The fourth-order valence-corrected chi connectivity index (χ4v) is 6.14. The summed E-state index contributed by atoms with van der Waals surface area (Å²) in [4.78, 5) is 22.2. The molecular weight excluding hydrogens is 458 g/mol. The van der Waals surface area contributed by atoms with Crippen LogP contribution in [-0.4, -0.2) is 86.2 Å². The number of amides is 1. The molecule has 3 heterocycles. The van der Waals surface area contributed by atoms with Gasteiger partial charge < -0.3 is 19.1 Å². The number of aryl methyl sites for hydroxylation is 1. The van der Waals surface area contributed by atoms with E-state index in [2.05, 4.69) is 15.0 Å². The van der Waals surface area contributed by atoms with Gasteiger partial charge in [-0.2, -0.15) is 9.29 Å². The first-order valence-electron chi connectivity index (χ1n) is 11.9. The van der Waals surface area contributed by atoms with E-state index in [-0.39, 0.29) is 16.7 Å². The molecule has 2 aliphatic heterocycles. The van der Waals surface area contributed by atoms with Crippen LogP contribution in [0.3, 0.4) is 0 Å². The van der Waals surface area contributed by atoms with Crippen molar-refractivity contribution in [2.45, 2.75) is 44.4 Å². The van der Waals surface area contributed by atoms with E-state index in [1.807, 2.05) is 13.8 Å². The van der Waals surface area contributed by atoms with Crippen molar-refractivity contribution in [2.75, 3.05) is 57.4 Å². The standard InChI is InChI=1S/C23H33N5O5S/c1-4-28(5-2)34(30,31)19-8-9-21(26-11-13-32-14-12-26)20(15-19)23(29)27-10-6-7-18(16-27)22-24-17(3)25-33-22/h8-9,15,18H,4-7,10-14,16H2,1-3H3. The summed E-state index contributed by atoms with van der Waals surface area (Å²) in [5.41, 5.74) is 1.14. The third-order valence-corrected chi connectivity index (χ3v) is 8.54. The second-order valence-corrected chi connectivity index (χ2v) is 10.6. The van der Waals surface area contributed by atoms with Crippen molar-refractivity contribution >= 4 is 21.6 Å². The Hall–Kier alpha value is -2.50. The minimum atomic E-state index is -3.70. The normalized spacial score (nSPS) is 19.6. The van der Waals surface area contributed by atoms with Gasteiger partial charge in [0.2, 0.25) is 15.9 Å². The predicted octanol–water partition coefficient (Wildman–Crippen LogP) is 2.26. The molecule has 1 aromatic carbocycles. The molecule has 2 fully saturated rings. The lowest BCUT2D eigenvalue weighted by Gasteiger charge is -2.34. The van der Waals surface area contributed by atoms with Crippen LogP contribution >= 0.6 is 0 Å². The zero-order valence-corrected chi connectivity index (χ0v) is 20.9. The van der Waals surface area contributed by atoms with Crippen molar-refractivity contribution in [3.8, 4) is 0 Å². The van der Waals surface area contributed by atoms with Gasteiger partial charge in [0, 0.05) is 45.0 Å². The average molecular weight is 492 g/mol. The second-order valence-electron chi connectivity index (χ2n) is 8.64. The third kappa shape index (κ3) is 4.96. The zero-order chi connectivity index (χ0) is 24.3. The lowest BCUT2D eigenvalue weighted by Crippen LogP contribution is -2.41. The number of rotatable bonds is 7. The largest absolute Gasteiger partial charge is 0.378 e. The highest BCUT2D eigenvalue weighted by molar-refractivity contribution is 7.89. The molecule has 0 spiro atoms. The van der Waals surface area contributed by atoms with Crippen molar-refractivity contribution in [2.24, 2.45) is 0 Å². The summed E-state index contributed by atoms with van der Waals surface area (Å²) in [6.45, 7) is 9.59. The maximum absolute atomic E-state index is 13.8. The minimum Gasteiger partial charge on any atom is -0.378 e. The SMILES string of the molecule is CCN(CC)S(=O)(=O)c1ccc(N2CCOCC2)c(C(=O)N2CCCC(c3nc(C)no3)C2)c1. The fourth-order valence-electron chi connectivity index (χ4n) is 4.65. The van der Waals surface area contributed by atoms with Crippen molar-refractivity contribution in [3.63, 3.8) is 0 Å². The Morgan fingerprint density at radius 2 is 1.91 bits per heavy atom. The molecule has 10 nitrogen and oxygen atoms in total. The molecule has 186 valence electrons. The summed E-state index contributed by atoms with van der Waals surface area (Å²) >= 11 is 0. The molecule has 0 bridgehead atoms. The molecule has 1 aromatic heterocycles. The van der Waals surface area contributed by atoms with Crippen molar-refractivity contribution in [3.05, 3.63) is 35.5 Å². The smallest absolute Gasteiger partial charge is 0.256 e. The highest BCUT2D eigenvalue weighted by atomic mass is 32.2. The molecule has 4 rings (SSSR count). The van der Waals surface area contributed by atoms with E-state index in [1.165, 1.54) is 4.31 Å². The van der Waals surface area contributed by atoms with Crippen LogP contribution in [0.5, 0.6) is 0 Å². The van der Waals surface area contributed by atoms with Crippen LogP contribution in [0.15, 0.2) is 27.6 Å². The van der Waals surface area contributed by atoms with Crippen molar-refractivity contribution in [1.82, 2.24) is 19.3 Å². The highest BCUT2D eigenvalue weighted by Crippen LogP contribution is 2.31. The van der Waals surface area contributed by atoms with Crippen LogP contribution in [0.2, 0.25) is 0 Å². The van der Waals surface area contributed by atoms with Crippen molar-refractivity contribution in [1.29, 1.82) is 0 Å². The monoisotopic (exact) mass is 491 g/mol. The molecule has 0 aliphatic carbocycles. The Labute approximate surface area is 200 Å². The van der Waals surface area contributed by atoms with Gasteiger partial charge in [0.15, 0.2) is 5.82 Å². The maximum atomic E-state index is 13.8. The Balaban J connectivity index is 1.69. The van der Waals surface area contributed by atoms with E-state index in [9.17, 15) is 13.2 Å². The number of anilines is 1. The first-order valence-corrected chi connectivity index (χ1v) is 13.4. The van der Waals surface area contributed by atoms with Gasteiger partial charge in [-0.15, -0.1) is 0 Å². The molecule has 2 aliphatic rings. The van der Waals surface area contributed by atoms with Gasteiger partial charge in [0.05, 0.1) is 29.6 Å². The molecule has 1 unspecified atom stereocenters. The molecule has 11 heteroatoms. The molecule has 0 N–H and O–H groups in total. The number of piperidine rings is 1. The number of carbonyl (C=O) groups excluding carboxylic acids is 1. The van der Waals surface area contributed by atoms with E-state index >= 15 is 0 Å². The third-order valence-electron chi connectivity index (χ3n) is 6.49. The number of benzene rings is 1. The van der Waals surface area contributed by atoms with Crippen LogP contribution in [0.4, 0.5) is 5.69 Å². The zero-order valence-electron chi connectivity index (χ0n) is 20.1. The first-order chi connectivity index (χ1) is 16.3. The van der Waals surface area contributed by atoms with E-state index < -0.39 is 10.0 Å². The number of morpholine rings is 1. The molecule has 2 saturated heterocycles. The topological polar surface area (TPSA) is 109 Å². The second kappa shape index (κ2) is 10.4. The molecule has 34 heavy (non-hydrogen) atoms. The highest BCUT2D eigenvalue weighted by Gasteiger charge is 2.32. The van der Waals surface area contributed by atoms with E-state index in [4.69, 9.17) is 9.26 Å². The van der Waals surface area contributed by atoms with E-state index in [1.54, 1.807) is 30.0 Å². The van der Waals surface area contributed by atoms with Gasteiger partial charge in [-0.3, -0.25) is 4.79 Å². The Morgan fingerprint density at radius 1 is 1.18 bits per heavy atom. The Morgan fingerprint density at radius 3 is 2.56 bits per heavy atom. The number of hydrogen-bond donors (Lipinski definition) is 0. The molecular formula is C23H33N5O5S. The maximum Gasteiger partial charge on any atom is 0.256 e. The van der Waals surface area contributed by atoms with Gasteiger partial charge in [-0.1, -0.05) is 19.0 Å². The summed E-state index contributed by atoms with van der Waals surface area (Å²) in [5, 5.41) is 3.89. The summed E-state index contributed by atoms with van der Waals surface area (Å²) in [6.07, 6.45) is 1.67. The number of carbonyl (C=O) groups is 1. The Kier molecular flexibility index (Phi) is 7.54. The number of sulfonamides is 1. The van der Waals surface area contributed by atoms with Gasteiger partial charge in [-0.05, 0) is 38.0 Å². The number of likely N-dealkylation sites (tertiary alicyclic amines) is 1. The molecule has 1 atom stereocenters. The first kappa shape index (κ1) is 24.6. The lowest BCUT2D eigenvalue weighted by atomic mass is 9.97.